The van der Waals surface area contributed by atoms with Gasteiger partial charge in [-0.3, -0.25) is 4.68 Å². The fourth-order valence-electron chi connectivity index (χ4n) is 2.74. The number of likely N-dealkylation sites (tertiary alicyclic amines) is 1. The fourth-order valence-corrected chi connectivity index (χ4v) is 2.74. The van der Waals surface area contributed by atoms with E-state index < -0.39 is 0 Å². The van der Waals surface area contributed by atoms with Gasteiger partial charge in [-0.1, -0.05) is 0 Å². The first-order chi connectivity index (χ1) is 8.56. The highest BCUT2D eigenvalue weighted by molar-refractivity contribution is 5.46. The van der Waals surface area contributed by atoms with Crippen LogP contribution in [0.15, 0.2) is 6.20 Å². The average Bonchev–Trinajstić information content (AvgIpc) is 2.53. The van der Waals surface area contributed by atoms with Crippen LogP contribution in [0.25, 0.3) is 0 Å². The maximum Gasteiger partial charge on any atom is 0.0825 e. The number of rotatable bonds is 3. The molecule has 0 amide bonds. The van der Waals surface area contributed by atoms with Crippen molar-refractivity contribution in [3.63, 3.8) is 0 Å². The van der Waals surface area contributed by atoms with Gasteiger partial charge in [0.15, 0.2) is 0 Å². The van der Waals surface area contributed by atoms with Gasteiger partial charge < -0.3 is 10.2 Å². The van der Waals surface area contributed by atoms with E-state index in [1.54, 1.807) is 0 Å². The minimum Gasteiger partial charge on any atom is -0.380 e. The van der Waals surface area contributed by atoms with Crippen LogP contribution in [0.5, 0.6) is 0 Å². The molecule has 0 spiro atoms. The number of aromatic nitrogens is 2. The maximum absolute atomic E-state index is 4.39. The topological polar surface area (TPSA) is 33.1 Å². The number of nitrogens with zero attached hydrogens (tertiary/aromatic N) is 3. The van der Waals surface area contributed by atoms with E-state index in [1.165, 1.54) is 38.0 Å². The molecule has 0 radical (unpaired) electrons. The van der Waals surface area contributed by atoms with E-state index in [0.29, 0.717) is 12.1 Å². The second-order valence-electron chi connectivity index (χ2n) is 5.70. The smallest absolute Gasteiger partial charge is 0.0825 e. The molecule has 0 aromatic carbocycles. The van der Waals surface area contributed by atoms with Gasteiger partial charge in [0.2, 0.25) is 0 Å². The minimum absolute atomic E-state index is 0.594. The van der Waals surface area contributed by atoms with Crippen molar-refractivity contribution in [1.29, 1.82) is 0 Å². The van der Waals surface area contributed by atoms with Crippen molar-refractivity contribution in [2.24, 2.45) is 7.05 Å². The predicted molar refractivity (Wildman–Crippen MR) is 75.9 cm³/mol. The molecule has 1 aliphatic heterocycles. The Morgan fingerprint density at radius 2 is 2.11 bits per heavy atom. The summed E-state index contributed by atoms with van der Waals surface area (Å²) >= 11 is 0. The Hall–Kier alpha value is -1.03. The lowest BCUT2D eigenvalue weighted by Crippen LogP contribution is -2.32. The van der Waals surface area contributed by atoms with Gasteiger partial charge in [0, 0.05) is 31.9 Å². The number of anilines is 1. The molecule has 1 saturated heterocycles. The number of aryl methyl sites for hydroxylation is 2. The van der Waals surface area contributed by atoms with Crippen LogP contribution >= 0.6 is 0 Å². The Morgan fingerprint density at radius 3 is 2.72 bits per heavy atom. The standard InChI is InChI=1S/C14H26N4/c1-11(2)18-8-5-6-13(7-9-18)15-14-10-17(4)16-12(14)3/h10-11,13,15H,5-9H2,1-4H3. The van der Waals surface area contributed by atoms with Crippen molar-refractivity contribution in [2.75, 3.05) is 18.4 Å². The molecule has 1 unspecified atom stereocenters. The van der Waals surface area contributed by atoms with Gasteiger partial charge in [0.05, 0.1) is 11.4 Å². The third-order valence-electron chi connectivity index (χ3n) is 3.87. The molecule has 0 aliphatic carbocycles. The van der Waals surface area contributed by atoms with Crippen LogP contribution in [0.2, 0.25) is 0 Å². The summed E-state index contributed by atoms with van der Waals surface area (Å²) in [5.74, 6) is 0. The number of hydrogen-bond acceptors (Lipinski definition) is 3. The fraction of sp³-hybridized carbons (Fsp3) is 0.786. The minimum atomic E-state index is 0.594. The van der Waals surface area contributed by atoms with Crippen LogP contribution in [0.3, 0.4) is 0 Å². The molecule has 1 fully saturated rings. The first kappa shape index (κ1) is 13.4. The summed E-state index contributed by atoms with van der Waals surface area (Å²) < 4.78 is 1.88. The molecule has 1 atom stereocenters. The van der Waals surface area contributed by atoms with Crippen molar-refractivity contribution in [2.45, 2.75) is 52.1 Å². The third kappa shape index (κ3) is 3.25. The Kier molecular flexibility index (Phi) is 4.27. The largest absolute Gasteiger partial charge is 0.380 e. The van der Waals surface area contributed by atoms with Gasteiger partial charge >= 0.3 is 0 Å². The molecule has 18 heavy (non-hydrogen) atoms. The predicted octanol–water partition coefficient (Wildman–Crippen LogP) is 2.40. The van der Waals surface area contributed by atoms with Crippen LogP contribution in [0.4, 0.5) is 5.69 Å². The van der Waals surface area contributed by atoms with Crippen LogP contribution in [0.1, 0.15) is 38.8 Å². The number of nitrogens with one attached hydrogen (secondary N) is 1. The summed E-state index contributed by atoms with van der Waals surface area (Å²) in [6.07, 6.45) is 5.86. The second kappa shape index (κ2) is 5.74. The zero-order valence-electron chi connectivity index (χ0n) is 12.1. The first-order valence-electron chi connectivity index (χ1n) is 7.07. The Morgan fingerprint density at radius 1 is 1.33 bits per heavy atom. The molecule has 102 valence electrons. The molecular formula is C14H26N4. The van der Waals surface area contributed by atoms with Crippen molar-refractivity contribution in [1.82, 2.24) is 14.7 Å². The molecule has 1 aliphatic rings. The molecule has 1 aromatic heterocycles. The van der Waals surface area contributed by atoms with Crippen molar-refractivity contribution in [3.8, 4) is 0 Å². The summed E-state index contributed by atoms with van der Waals surface area (Å²) in [7, 11) is 1.98. The van der Waals surface area contributed by atoms with Crippen LogP contribution in [-0.4, -0.2) is 39.9 Å². The van der Waals surface area contributed by atoms with E-state index in [2.05, 4.69) is 42.3 Å². The molecule has 4 heteroatoms. The second-order valence-corrected chi connectivity index (χ2v) is 5.70. The van der Waals surface area contributed by atoms with Crippen molar-refractivity contribution >= 4 is 5.69 Å². The summed E-state index contributed by atoms with van der Waals surface area (Å²) in [5, 5.41) is 8.05. The van der Waals surface area contributed by atoms with Crippen molar-refractivity contribution in [3.05, 3.63) is 11.9 Å². The molecule has 1 aromatic rings. The first-order valence-corrected chi connectivity index (χ1v) is 7.07. The maximum atomic E-state index is 4.39. The van der Waals surface area contributed by atoms with Gasteiger partial charge in [-0.25, -0.2) is 0 Å². The third-order valence-corrected chi connectivity index (χ3v) is 3.87. The highest BCUT2D eigenvalue weighted by atomic mass is 15.3. The van der Waals surface area contributed by atoms with E-state index in [9.17, 15) is 0 Å². The van der Waals surface area contributed by atoms with E-state index in [0.717, 1.165) is 5.69 Å². The molecule has 2 rings (SSSR count). The van der Waals surface area contributed by atoms with Crippen LogP contribution < -0.4 is 5.32 Å². The molecule has 2 heterocycles. The van der Waals surface area contributed by atoms with Gasteiger partial charge in [0.1, 0.15) is 0 Å². The molecule has 0 bridgehead atoms. The normalized spacial score (nSPS) is 22.2. The Labute approximate surface area is 110 Å². The Balaban J connectivity index is 1.92. The van der Waals surface area contributed by atoms with E-state index in [-0.39, 0.29) is 0 Å². The SMILES string of the molecule is Cc1nn(C)cc1NC1CCCN(C(C)C)CC1. The van der Waals surface area contributed by atoms with Gasteiger partial charge in [0.25, 0.3) is 0 Å². The van der Waals surface area contributed by atoms with Gasteiger partial charge in [-0.05, 0) is 46.6 Å². The van der Waals surface area contributed by atoms with Crippen LogP contribution in [0, 0.1) is 6.92 Å². The quantitative estimate of drug-likeness (QED) is 0.894. The summed E-state index contributed by atoms with van der Waals surface area (Å²) in [6.45, 7) is 9.09. The summed E-state index contributed by atoms with van der Waals surface area (Å²) in [6, 6.07) is 1.26. The number of hydrogen-bond donors (Lipinski definition) is 1. The zero-order chi connectivity index (χ0) is 13.1. The zero-order valence-corrected chi connectivity index (χ0v) is 12.1. The van der Waals surface area contributed by atoms with E-state index in [4.69, 9.17) is 0 Å². The molecule has 0 saturated carbocycles. The van der Waals surface area contributed by atoms with Gasteiger partial charge in [-0.15, -0.1) is 0 Å². The molecule has 4 nitrogen and oxygen atoms in total. The van der Waals surface area contributed by atoms with Crippen LogP contribution in [-0.2, 0) is 7.05 Å². The average molecular weight is 250 g/mol. The lowest BCUT2D eigenvalue weighted by molar-refractivity contribution is 0.230. The highest BCUT2D eigenvalue weighted by Gasteiger charge is 2.19. The highest BCUT2D eigenvalue weighted by Crippen LogP contribution is 2.19. The molecule has 1 N–H and O–H groups in total. The lowest BCUT2D eigenvalue weighted by atomic mass is 10.1. The van der Waals surface area contributed by atoms with E-state index >= 15 is 0 Å². The van der Waals surface area contributed by atoms with E-state index in [1.807, 2.05) is 11.7 Å². The lowest BCUT2D eigenvalue weighted by Gasteiger charge is -2.24. The molecular weight excluding hydrogens is 224 g/mol. The van der Waals surface area contributed by atoms with Gasteiger partial charge in [-0.2, -0.15) is 5.10 Å². The Bertz CT molecular complexity index is 383. The monoisotopic (exact) mass is 250 g/mol. The van der Waals surface area contributed by atoms with Crippen molar-refractivity contribution < 1.29 is 0 Å². The summed E-state index contributed by atoms with van der Waals surface area (Å²) in [5.41, 5.74) is 2.29. The summed E-state index contributed by atoms with van der Waals surface area (Å²) in [4.78, 5) is 2.58.